The zero-order valence-electron chi connectivity index (χ0n) is 73.6. The molecule has 626 valence electrons. The van der Waals surface area contributed by atoms with Gasteiger partial charge in [0.25, 0.3) is 0 Å². The third-order valence-electron chi connectivity index (χ3n) is 28.8. The lowest BCUT2D eigenvalue weighted by Crippen LogP contribution is -2.00. The molecule has 6 heteroatoms. The van der Waals surface area contributed by atoms with E-state index in [4.69, 9.17) is 19.8 Å². The third kappa shape index (κ3) is 12.1. The Bertz CT molecular complexity index is 10900. The number of hydrogen-bond donors (Lipinski definition) is 0. The maximum atomic E-state index is 5.38. The topological polar surface area (TPSA) is 52.9 Å². The maximum absolute atomic E-state index is 5.38. The largest absolute Gasteiger partial charge is 0.341 e. The summed E-state index contributed by atoms with van der Waals surface area (Å²) in [6.45, 7) is 0. The van der Waals surface area contributed by atoms with E-state index >= 15 is 0 Å². The molecular weight excluding hydrogens is 1650 g/mol. The summed E-state index contributed by atoms with van der Waals surface area (Å²) in [4.78, 5) is 20.5. The van der Waals surface area contributed by atoms with Crippen LogP contribution in [0.5, 0.6) is 0 Å². The van der Waals surface area contributed by atoms with Crippen molar-refractivity contribution in [3.63, 3.8) is 0 Å². The van der Waals surface area contributed by atoms with Crippen molar-refractivity contribution in [3.05, 3.63) is 604 Å². The fourth-order valence-electron chi connectivity index (χ4n) is 22.6. The van der Waals surface area contributed by atoms with Crippen LogP contribution in [0.25, 0.3) is 149 Å². The Kier molecular flexibility index (Phi) is 17.3. The molecule has 0 radical (unpaired) electrons. The van der Waals surface area contributed by atoms with Crippen molar-refractivity contribution in [3.8, 4) is 106 Å². The van der Waals surface area contributed by atoms with Crippen LogP contribution in [-0.4, -0.2) is 24.1 Å². The normalized spacial score (nSPS) is 11.9. The molecule has 4 aliphatic rings. The molecule has 0 fully saturated rings. The molecule has 4 aliphatic carbocycles. The minimum absolute atomic E-state index is 0.796. The second kappa shape index (κ2) is 30.7. The predicted molar refractivity (Wildman–Crippen MR) is 548 cm³/mol. The van der Waals surface area contributed by atoms with E-state index in [0.717, 1.165) is 188 Å². The van der Waals surface area contributed by atoms with E-state index in [-0.39, 0.29) is 0 Å². The molecule has 0 saturated heterocycles. The van der Waals surface area contributed by atoms with Crippen molar-refractivity contribution in [2.45, 2.75) is 0 Å². The van der Waals surface area contributed by atoms with Gasteiger partial charge < -0.3 is 9.13 Å². The Labute approximate surface area is 777 Å². The molecule has 136 heavy (non-hydrogen) atoms. The molecule has 6 nitrogen and oxygen atoms in total. The van der Waals surface area contributed by atoms with Gasteiger partial charge in [-0.25, -0.2) is 0 Å². The quantitative estimate of drug-likeness (QED) is 0.167. The van der Waals surface area contributed by atoms with Gasteiger partial charge in [0.05, 0.1) is 38.1 Å². The van der Waals surface area contributed by atoms with Crippen LogP contribution in [-0.2, 0) is 0 Å². The van der Waals surface area contributed by atoms with Gasteiger partial charge in [0, 0.05) is 84.5 Å². The summed E-state index contributed by atoms with van der Waals surface area (Å²) in [5.41, 5.74) is 26.9. The molecule has 0 unspecified atom stereocenters. The van der Waals surface area contributed by atoms with Gasteiger partial charge in [0.2, 0.25) is 0 Å². The van der Waals surface area contributed by atoms with E-state index in [9.17, 15) is 0 Å². The first kappa shape index (κ1) is 76.6. The van der Waals surface area contributed by atoms with E-state index in [2.05, 4.69) is 452 Å². The maximum Gasteiger partial charge on any atom is 0.341 e. The van der Waals surface area contributed by atoms with Crippen LogP contribution >= 0.6 is 0 Å². The van der Waals surface area contributed by atoms with Crippen molar-refractivity contribution >= 4 is 49.3 Å². The smallest absolute Gasteiger partial charge is 0.309 e. The number of pyridine rings is 3. The standard InChI is InChI=1S/C130H77N6/c1-6-34-97-94(31-1)102-57-50-86(73-118(102)115-45-23-67-133-130(115)129-114(97)44-22-66-132-129)82-26-20-27-83(70-82)87-52-59-104-107-63-55-89(135-124-46-16-13-39-109(124)110-40-14-17-47-125(110)135)76-122(107)101-38-10-5-32-95(101)105-61-54-88(75-120(105)119(104)74-87)134-78-79-49-64-127-123(68-79)111-41-15-18-48-126(111)136(127)90-56-62-106-103-58-51-84(71-116(103)98-35-7-2-28-91(98)92-29-3-9-37-100(92)121(106)77-90)80-24-19-25-81(69-80)85-53-60-108-113-43-21-65-131-128(113)112-42-12-11-33-96(112)93-30-4-8-36-99(93)117(108)72-85/h1-77H/q+1. The molecule has 5 heterocycles. The van der Waals surface area contributed by atoms with Gasteiger partial charge in [0.1, 0.15) is 5.56 Å². The van der Waals surface area contributed by atoms with E-state index in [1.54, 1.807) is 0 Å². The number of rotatable bonds is 6. The van der Waals surface area contributed by atoms with Gasteiger partial charge in [-0.3, -0.25) is 15.0 Å². The second-order valence-electron chi connectivity index (χ2n) is 36.0. The molecule has 0 saturated carbocycles. The monoisotopic (exact) mass is 1720 g/mol. The lowest BCUT2D eigenvalue weighted by molar-refractivity contribution is 1.10. The van der Waals surface area contributed by atoms with Gasteiger partial charge in [-0.15, -0.1) is 0 Å². The molecule has 0 N–H and O–H groups in total. The first-order valence-electron chi connectivity index (χ1n) is 46.6. The number of nitrogens with zero attached hydrogens (tertiary/aromatic N) is 6. The summed E-state index contributed by atoms with van der Waals surface area (Å²) in [5, 5.41) is 31.4. The molecular formula is C130H77N6+. The summed E-state index contributed by atoms with van der Waals surface area (Å²) >= 11 is 0. The average Bonchev–Trinajstić information content (AvgIpc) is 1.53. The fraction of sp³-hybridized carbons (Fsp3) is 0. The lowest BCUT2D eigenvalue weighted by Gasteiger charge is -2.24. The molecule has 24 aromatic rings. The van der Waals surface area contributed by atoms with Crippen LogP contribution in [0.15, 0.2) is 468 Å². The summed E-state index contributed by atoms with van der Waals surface area (Å²) in [6.07, 6.45) is 5.67. The molecule has 0 bridgehead atoms. The van der Waals surface area contributed by atoms with Gasteiger partial charge in [-0.1, -0.05) is 315 Å². The first-order chi connectivity index (χ1) is 67.4. The van der Waals surface area contributed by atoms with Gasteiger partial charge in [-0.2, -0.15) is 0 Å². The summed E-state index contributed by atoms with van der Waals surface area (Å²) in [7, 11) is 0. The first-order valence-corrected chi connectivity index (χ1v) is 46.6. The van der Waals surface area contributed by atoms with E-state index in [1.807, 2.05) is 30.7 Å². The summed E-state index contributed by atoms with van der Waals surface area (Å²) in [5.74, 6) is 0. The highest BCUT2D eigenvalue weighted by Crippen LogP contribution is 2.50. The van der Waals surface area contributed by atoms with E-state index in [1.165, 1.54) is 92.4 Å². The van der Waals surface area contributed by atoms with Crippen LogP contribution in [0.2, 0.25) is 0 Å². The van der Waals surface area contributed by atoms with Gasteiger partial charge in [0.15, 0.2) is 0 Å². The predicted octanol–water partition coefficient (Wildman–Crippen LogP) is 30.1. The van der Waals surface area contributed by atoms with Crippen molar-refractivity contribution in [1.82, 2.24) is 24.1 Å². The highest BCUT2D eigenvalue weighted by atomic mass is 15.0. The molecule has 5 aromatic heterocycles. The molecule has 0 aliphatic heterocycles. The Morgan fingerprint density at radius 2 is 0.478 bits per heavy atom. The average molecular weight is 1720 g/mol. The van der Waals surface area contributed by atoms with E-state index < -0.39 is 0 Å². The second-order valence-corrected chi connectivity index (χ2v) is 36.0. The van der Waals surface area contributed by atoms with Gasteiger partial charge in [-0.05, 0) is 304 Å². The molecule has 0 amide bonds. The van der Waals surface area contributed by atoms with Crippen LogP contribution in [0.1, 0.15) is 5.56 Å². The van der Waals surface area contributed by atoms with Crippen molar-refractivity contribution in [2.24, 2.45) is 0 Å². The minimum Gasteiger partial charge on any atom is -0.309 e. The highest BCUT2D eigenvalue weighted by molar-refractivity contribution is 6.12. The SMILES string of the molecule is C(#[N+]c1ccc2c(c1)=c1cc(-c3cccc(-c4ccc5c(c4)=c4cccnc4=c4ncccc4=c4ccccc4=5)c3)ccc1=c1ccc(-n3c4ccccc4c4ccccc43)cc1=c1ccccc1=2)c1ccc2c(c1)c1ccccc1n2-c1ccc2c(c1)-c1ccccc1-c1ccccc1-c1cc(-c3cccc(-c4ccc5c(c4)=c4ccccc4=c4ccccc4=c4ncccc4=5)c3)ccc1-2. The summed E-state index contributed by atoms with van der Waals surface area (Å²) < 4.78 is 4.88. The van der Waals surface area contributed by atoms with Crippen molar-refractivity contribution in [2.75, 3.05) is 0 Å². The number of para-hydroxylation sites is 3. The molecule has 28 rings (SSSR count). The lowest BCUT2D eigenvalue weighted by atomic mass is 9.80. The number of hydrogen-bond acceptors (Lipinski definition) is 3. The highest BCUT2D eigenvalue weighted by Gasteiger charge is 2.26. The molecule has 19 aromatic carbocycles. The van der Waals surface area contributed by atoms with Crippen LogP contribution in [0.4, 0.5) is 5.69 Å². The fourth-order valence-corrected chi connectivity index (χ4v) is 22.6. The number of benzene rings is 19. The Hall–Kier alpha value is -18.3. The Balaban J connectivity index is 0.580. The Morgan fingerprint density at radius 3 is 1.01 bits per heavy atom. The van der Waals surface area contributed by atoms with Crippen molar-refractivity contribution in [1.29, 1.82) is 0 Å². The zero-order valence-corrected chi connectivity index (χ0v) is 73.6. The summed E-state index contributed by atoms with van der Waals surface area (Å²) in [6, 6.07) is 170. The van der Waals surface area contributed by atoms with Crippen LogP contribution in [0, 0.1) is 132 Å². The zero-order chi connectivity index (χ0) is 89.2. The number of fused-ring (bicyclic) bond motifs is 26. The van der Waals surface area contributed by atoms with Crippen LogP contribution in [0.3, 0.4) is 0 Å². The third-order valence-corrected chi connectivity index (χ3v) is 28.8. The molecule has 0 spiro atoms. The molecule has 0 atom stereocenters. The van der Waals surface area contributed by atoms with Crippen molar-refractivity contribution < 1.29 is 0 Å². The van der Waals surface area contributed by atoms with E-state index in [0.29, 0.717) is 0 Å². The van der Waals surface area contributed by atoms with Gasteiger partial charge >= 0.3 is 11.8 Å². The number of aromatic nitrogens is 5. The van der Waals surface area contributed by atoms with Crippen LogP contribution < -0.4 is 0 Å². The Morgan fingerprint density at radius 1 is 0.169 bits per heavy atom. The minimum atomic E-state index is 0.796.